The molecule has 1 aliphatic rings. The second kappa shape index (κ2) is 7.57. The van der Waals surface area contributed by atoms with Crippen LogP contribution in [0.15, 0.2) is 0 Å². The molecular formula is C13H27NOS. The zero-order valence-electron chi connectivity index (χ0n) is 10.6. The van der Waals surface area contributed by atoms with Crippen LogP contribution in [0.5, 0.6) is 0 Å². The minimum absolute atomic E-state index is 0.310. The highest BCUT2D eigenvalue weighted by Gasteiger charge is 2.32. The van der Waals surface area contributed by atoms with Gasteiger partial charge in [0, 0.05) is 19.7 Å². The Labute approximate surface area is 106 Å². The van der Waals surface area contributed by atoms with Gasteiger partial charge in [0.15, 0.2) is 0 Å². The lowest BCUT2D eigenvalue weighted by atomic mass is 9.75. The minimum Gasteiger partial charge on any atom is -0.396 e. The summed E-state index contributed by atoms with van der Waals surface area (Å²) in [6.45, 7) is 5.82. The van der Waals surface area contributed by atoms with Gasteiger partial charge in [-0.2, -0.15) is 12.6 Å². The molecule has 0 atom stereocenters. The SMILES string of the molecule is CCN(CCCO)CC1(CS)CCCCC1. The van der Waals surface area contributed by atoms with Crippen LogP contribution in [-0.4, -0.2) is 42.0 Å². The van der Waals surface area contributed by atoms with Crippen molar-refractivity contribution in [2.45, 2.75) is 45.4 Å². The van der Waals surface area contributed by atoms with Crippen LogP contribution >= 0.6 is 12.6 Å². The van der Waals surface area contributed by atoms with E-state index in [0.717, 1.165) is 25.3 Å². The maximum Gasteiger partial charge on any atom is 0.0443 e. The molecule has 0 aromatic heterocycles. The van der Waals surface area contributed by atoms with Crippen LogP contribution in [0.4, 0.5) is 0 Å². The van der Waals surface area contributed by atoms with E-state index < -0.39 is 0 Å². The van der Waals surface area contributed by atoms with Gasteiger partial charge in [-0.25, -0.2) is 0 Å². The number of hydrogen-bond donors (Lipinski definition) is 2. The largest absolute Gasteiger partial charge is 0.396 e. The smallest absolute Gasteiger partial charge is 0.0443 e. The maximum absolute atomic E-state index is 8.90. The minimum atomic E-state index is 0.310. The summed E-state index contributed by atoms with van der Waals surface area (Å²) in [5, 5.41) is 8.90. The summed E-state index contributed by atoms with van der Waals surface area (Å²) in [7, 11) is 0. The van der Waals surface area contributed by atoms with Gasteiger partial charge in [0.2, 0.25) is 0 Å². The summed E-state index contributed by atoms with van der Waals surface area (Å²) < 4.78 is 0. The molecule has 0 amide bonds. The Bertz CT molecular complexity index is 181. The van der Waals surface area contributed by atoms with Gasteiger partial charge >= 0.3 is 0 Å². The van der Waals surface area contributed by atoms with Gasteiger partial charge in [0.25, 0.3) is 0 Å². The molecule has 0 unspecified atom stereocenters. The standard InChI is InChI=1S/C13H27NOS/c1-2-14(9-6-10-15)11-13(12-16)7-4-3-5-8-13/h15-16H,2-12H2,1H3. The van der Waals surface area contributed by atoms with E-state index in [4.69, 9.17) is 5.11 Å². The van der Waals surface area contributed by atoms with Crippen LogP contribution in [0.3, 0.4) is 0 Å². The fraction of sp³-hybridized carbons (Fsp3) is 1.00. The van der Waals surface area contributed by atoms with Crippen molar-refractivity contribution in [2.24, 2.45) is 5.41 Å². The lowest BCUT2D eigenvalue weighted by Gasteiger charge is -2.40. The third-order valence-corrected chi connectivity index (χ3v) is 4.56. The van der Waals surface area contributed by atoms with Crippen molar-refractivity contribution in [1.29, 1.82) is 0 Å². The number of hydrogen-bond acceptors (Lipinski definition) is 3. The van der Waals surface area contributed by atoms with Crippen molar-refractivity contribution < 1.29 is 5.11 Å². The second-order valence-electron chi connectivity index (χ2n) is 5.16. The number of nitrogens with zero attached hydrogens (tertiary/aromatic N) is 1. The molecule has 16 heavy (non-hydrogen) atoms. The highest BCUT2D eigenvalue weighted by Crippen LogP contribution is 2.37. The molecule has 1 aliphatic carbocycles. The molecule has 0 bridgehead atoms. The number of aliphatic hydroxyl groups is 1. The van der Waals surface area contributed by atoms with Gasteiger partial charge in [-0.05, 0) is 37.0 Å². The van der Waals surface area contributed by atoms with Gasteiger partial charge < -0.3 is 10.0 Å². The fourth-order valence-corrected chi connectivity index (χ4v) is 3.20. The zero-order chi connectivity index (χ0) is 11.9. The summed E-state index contributed by atoms with van der Waals surface area (Å²) in [6.07, 6.45) is 7.73. The molecular weight excluding hydrogens is 218 g/mol. The topological polar surface area (TPSA) is 23.5 Å². The van der Waals surface area contributed by atoms with E-state index >= 15 is 0 Å². The Morgan fingerprint density at radius 2 is 1.94 bits per heavy atom. The normalized spacial score (nSPS) is 20.2. The molecule has 2 nitrogen and oxygen atoms in total. The molecule has 0 aromatic rings. The van der Waals surface area contributed by atoms with Crippen LogP contribution in [0.2, 0.25) is 0 Å². The summed E-state index contributed by atoms with van der Waals surface area (Å²) in [5.74, 6) is 1.02. The van der Waals surface area contributed by atoms with E-state index in [1.807, 2.05) is 0 Å². The number of rotatable bonds is 7. The molecule has 1 fully saturated rings. The van der Waals surface area contributed by atoms with Crippen LogP contribution in [0, 0.1) is 5.41 Å². The predicted octanol–water partition coefficient (Wildman–Crippen LogP) is 2.57. The molecule has 0 spiro atoms. The lowest BCUT2D eigenvalue weighted by Crippen LogP contribution is -2.41. The highest BCUT2D eigenvalue weighted by molar-refractivity contribution is 7.80. The van der Waals surface area contributed by atoms with E-state index in [9.17, 15) is 0 Å². The highest BCUT2D eigenvalue weighted by atomic mass is 32.1. The maximum atomic E-state index is 8.90. The first-order valence-electron chi connectivity index (χ1n) is 6.70. The van der Waals surface area contributed by atoms with Gasteiger partial charge in [0.05, 0.1) is 0 Å². The van der Waals surface area contributed by atoms with E-state index in [-0.39, 0.29) is 0 Å². The first-order chi connectivity index (χ1) is 7.76. The van der Waals surface area contributed by atoms with Crippen molar-refractivity contribution in [3.8, 4) is 0 Å². The van der Waals surface area contributed by atoms with Crippen molar-refractivity contribution in [3.05, 3.63) is 0 Å². The van der Waals surface area contributed by atoms with Crippen molar-refractivity contribution >= 4 is 12.6 Å². The van der Waals surface area contributed by atoms with Crippen LogP contribution < -0.4 is 0 Å². The van der Waals surface area contributed by atoms with Crippen LogP contribution in [0.25, 0.3) is 0 Å². The predicted molar refractivity (Wildman–Crippen MR) is 73.2 cm³/mol. The molecule has 3 heteroatoms. The number of thiol groups is 1. The Kier molecular flexibility index (Phi) is 6.78. The van der Waals surface area contributed by atoms with Gasteiger partial charge in [-0.3, -0.25) is 0 Å². The zero-order valence-corrected chi connectivity index (χ0v) is 11.5. The Balaban J connectivity index is 2.45. The Hall–Kier alpha value is 0.270. The van der Waals surface area contributed by atoms with Gasteiger partial charge in [0.1, 0.15) is 0 Å². The van der Waals surface area contributed by atoms with Crippen LogP contribution in [-0.2, 0) is 0 Å². The molecule has 1 saturated carbocycles. The lowest BCUT2D eigenvalue weighted by molar-refractivity contribution is 0.123. The van der Waals surface area contributed by atoms with Crippen molar-refractivity contribution in [3.63, 3.8) is 0 Å². The molecule has 0 saturated heterocycles. The van der Waals surface area contributed by atoms with E-state index in [2.05, 4.69) is 24.5 Å². The molecule has 0 aliphatic heterocycles. The summed E-state index contributed by atoms with van der Waals surface area (Å²) in [6, 6.07) is 0. The molecule has 1 N–H and O–H groups in total. The second-order valence-corrected chi connectivity index (χ2v) is 5.48. The molecule has 0 heterocycles. The van der Waals surface area contributed by atoms with E-state index in [0.29, 0.717) is 12.0 Å². The first-order valence-corrected chi connectivity index (χ1v) is 7.33. The summed E-state index contributed by atoms with van der Waals surface area (Å²) in [5.41, 5.74) is 0.451. The third-order valence-electron chi connectivity index (χ3n) is 3.89. The first kappa shape index (κ1) is 14.3. The Morgan fingerprint density at radius 3 is 2.44 bits per heavy atom. The molecule has 0 radical (unpaired) electrons. The Morgan fingerprint density at radius 1 is 1.25 bits per heavy atom. The molecule has 96 valence electrons. The average molecular weight is 245 g/mol. The monoisotopic (exact) mass is 245 g/mol. The number of aliphatic hydroxyl groups excluding tert-OH is 1. The third kappa shape index (κ3) is 4.27. The summed E-state index contributed by atoms with van der Waals surface area (Å²) in [4.78, 5) is 2.48. The van der Waals surface area contributed by atoms with Crippen molar-refractivity contribution in [2.75, 3.05) is 32.0 Å². The van der Waals surface area contributed by atoms with Gasteiger partial charge in [-0.15, -0.1) is 0 Å². The average Bonchev–Trinajstić information content (AvgIpc) is 2.35. The fourth-order valence-electron chi connectivity index (χ4n) is 2.79. The van der Waals surface area contributed by atoms with Crippen molar-refractivity contribution in [1.82, 2.24) is 4.90 Å². The molecule has 1 rings (SSSR count). The van der Waals surface area contributed by atoms with E-state index in [1.165, 1.54) is 38.6 Å². The van der Waals surface area contributed by atoms with Gasteiger partial charge in [-0.1, -0.05) is 26.2 Å². The quantitative estimate of drug-likeness (QED) is 0.674. The molecule has 0 aromatic carbocycles. The van der Waals surface area contributed by atoms with Crippen LogP contribution in [0.1, 0.15) is 45.4 Å². The van der Waals surface area contributed by atoms with E-state index in [1.54, 1.807) is 0 Å². The summed E-state index contributed by atoms with van der Waals surface area (Å²) >= 11 is 4.58.